The van der Waals surface area contributed by atoms with Crippen LogP contribution in [0.4, 0.5) is 0 Å². The molecule has 8 rings (SSSR count). The SMILES string of the molecule is CC(O)(C=O)c1ccccc1.CC(O)(CNC1CCC(n2c(=O)[nH]c3cc(C#N)ccc32)CC1)c1ccccc1.Cl.N#Cc1ccc2c(c1)[nH]c(=O)n2C1CCC(N)CC1. The maximum Gasteiger partial charge on any atom is 0.326 e. The van der Waals surface area contributed by atoms with Gasteiger partial charge in [0.2, 0.25) is 0 Å². The monoisotopic (exact) mass is 832 g/mol. The first-order valence-corrected chi connectivity index (χ1v) is 20.1. The number of aromatic nitrogens is 4. The van der Waals surface area contributed by atoms with Crippen LogP contribution in [0.25, 0.3) is 22.1 Å². The molecule has 2 fully saturated rings. The van der Waals surface area contributed by atoms with E-state index in [0.29, 0.717) is 41.1 Å². The molecule has 7 N–H and O–H groups in total. The fraction of sp³-hybridized carbons (Fsp3) is 0.370. The molecule has 0 saturated heterocycles. The van der Waals surface area contributed by atoms with Gasteiger partial charge in [-0.25, -0.2) is 9.59 Å². The summed E-state index contributed by atoms with van der Waals surface area (Å²) < 4.78 is 3.66. The van der Waals surface area contributed by atoms with Gasteiger partial charge in [0.1, 0.15) is 5.60 Å². The second-order valence-electron chi connectivity index (χ2n) is 16.0. The van der Waals surface area contributed by atoms with Crippen LogP contribution < -0.4 is 22.4 Å². The topological polar surface area (TPSA) is 219 Å². The molecule has 0 bridgehead atoms. The number of carbonyl (C=O) groups is 1. The average Bonchev–Trinajstić information content (AvgIpc) is 3.78. The van der Waals surface area contributed by atoms with Crippen LogP contribution in [0, 0.1) is 22.7 Å². The molecule has 13 nitrogen and oxygen atoms in total. The molecular weight excluding hydrogens is 780 g/mol. The molecule has 14 heteroatoms. The van der Waals surface area contributed by atoms with Crippen LogP contribution in [0.3, 0.4) is 0 Å². The minimum Gasteiger partial charge on any atom is -0.384 e. The first-order chi connectivity index (χ1) is 28.3. The summed E-state index contributed by atoms with van der Waals surface area (Å²) in [4.78, 5) is 40.7. The number of fused-ring (bicyclic) bond motifs is 2. The number of nitriles is 2. The molecule has 2 atom stereocenters. The third kappa shape index (κ3) is 10.7. The zero-order valence-electron chi connectivity index (χ0n) is 33.9. The molecule has 2 unspecified atom stereocenters. The largest absolute Gasteiger partial charge is 0.384 e. The van der Waals surface area contributed by atoms with E-state index >= 15 is 0 Å². The summed E-state index contributed by atoms with van der Waals surface area (Å²) in [5.74, 6) is 0. The van der Waals surface area contributed by atoms with E-state index in [9.17, 15) is 24.6 Å². The van der Waals surface area contributed by atoms with Crippen LogP contribution in [-0.4, -0.2) is 54.2 Å². The van der Waals surface area contributed by atoms with E-state index in [1.807, 2.05) is 64.6 Å². The van der Waals surface area contributed by atoms with Crippen molar-refractivity contribution in [3.63, 3.8) is 0 Å². The Hall–Kier alpha value is -5.80. The molecule has 0 amide bonds. The Morgan fingerprint density at radius 3 is 1.58 bits per heavy atom. The van der Waals surface area contributed by atoms with E-state index in [2.05, 4.69) is 27.4 Å². The minimum atomic E-state index is -1.35. The van der Waals surface area contributed by atoms with Gasteiger partial charge in [0.05, 0.1) is 50.9 Å². The zero-order chi connectivity index (χ0) is 42.2. The fourth-order valence-electron chi connectivity index (χ4n) is 8.11. The first kappa shape index (κ1) is 45.3. The average molecular weight is 833 g/mol. The van der Waals surface area contributed by atoms with Crippen molar-refractivity contribution in [2.24, 2.45) is 5.73 Å². The Morgan fingerprint density at radius 1 is 0.717 bits per heavy atom. The zero-order valence-corrected chi connectivity index (χ0v) is 34.7. The van der Waals surface area contributed by atoms with Crippen LogP contribution >= 0.6 is 12.4 Å². The standard InChI is InChI=1S/C23H26N4O2.C14H16N4O.C9H10O2.ClH/c1-23(29,17-5-3-2-4-6-17)15-25-18-8-10-19(11-9-18)27-21-12-7-16(14-24)13-20(21)26-22(27)28;15-8-9-1-6-13-12(7-9)17-14(19)18(13)11-4-2-10(16)3-5-11;1-9(11,7-10)8-5-3-2-4-6-8;/h2-7,12-13,18-19,25,29H,8-11,15H2,1H3,(H,26,28);1,6-7,10-11H,2-5,16H2,(H,17,19);2-7,11H,1H3;1H. The highest BCUT2D eigenvalue weighted by Crippen LogP contribution is 2.32. The molecule has 2 aliphatic carbocycles. The summed E-state index contributed by atoms with van der Waals surface area (Å²) in [5.41, 5.74) is 9.27. The van der Waals surface area contributed by atoms with Crippen LogP contribution in [-0.2, 0) is 16.0 Å². The number of hydrogen-bond donors (Lipinski definition) is 6. The highest BCUT2D eigenvalue weighted by Gasteiger charge is 2.29. The summed E-state index contributed by atoms with van der Waals surface area (Å²) in [6, 6.07) is 34.4. The predicted molar refractivity (Wildman–Crippen MR) is 235 cm³/mol. The van der Waals surface area contributed by atoms with Crippen molar-refractivity contribution in [1.82, 2.24) is 24.4 Å². The molecule has 60 heavy (non-hydrogen) atoms. The molecule has 4 aromatic carbocycles. The van der Waals surface area contributed by atoms with Gasteiger partial charge in [-0.2, -0.15) is 10.5 Å². The van der Waals surface area contributed by atoms with Gasteiger partial charge in [-0.05, 0) is 113 Å². The number of aldehydes is 1. The molecule has 2 aromatic heterocycles. The van der Waals surface area contributed by atoms with Crippen molar-refractivity contribution < 1.29 is 15.0 Å². The Labute approximate surface area is 354 Å². The second-order valence-corrected chi connectivity index (χ2v) is 16.0. The van der Waals surface area contributed by atoms with Crippen molar-refractivity contribution in [2.75, 3.05) is 6.54 Å². The van der Waals surface area contributed by atoms with E-state index in [0.717, 1.165) is 73.5 Å². The van der Waals surface area contributed by atoms with Crippen LogP contribution in [0.1, 0.15) is 99.6 Å². The Morgan fingerprint density at radius 2 is 1.15 bits per heavy atom. The molecule has 0 spiro atoms. The van der Waals surface area contributed by atoms with E-state index < -0.39 is 11.2 Å². The molecule has 0 radical (unpaired) electrons. The van der Waals surface area contributed by atoms with E-state index in [1.54, 1.807) is 48.5 Å². The lowest BCUT2D eigenvalue weighted by atomic mass is 9.89. The summed E-state index contributed by atoms with van der Waals surface area (Å²) in [7, 11) is 0. The quantitative estimate of drug-likeness (QED) is 0.0942. The third-order valence-electron chi connectivity index (χ3n) is 11.6. The lowest BCUT2D eigenvalue weighted by Gasteiger charge is -2.33. The van der Waals surface area contributed by atoms with Crippen molar-refractivity contribution in [3.05, 3.63) is 140 Å². The normalized spacial score (nSPS) is 20.6. The molecule has 314 valence electrons. The van der Waals surface area contributed by atoms with Crippen molar-refractivity contribution in [2.45, 2.75) is 101 Å². The van der Waals surface area contributed by atoms with Crippen LogP contribution in [0.15, 0.2) is 107 Å². The van der Waals surface area contributed by atoms with Crippen molar-refractivity contribution in [1.29, 1.82) is 10.5 Å². The summed E-state index contributed by atoms with van der Waals surface area (Å²) in [6.07, 6.45) is 8.02. The molecular formula is C46H53ClN8O5. The molecule has 6 aromatic rings. The van der Waals surface area contributed by atoms with Crippen molar-refractivity contribution in [3.8, 4) is 12.1 Å². The number of halogens is 1. The van der Waals surface area contributed by atoms with E-state index in [4.69, 9.17) is 16.3 Å². The third-order valence-corrected chi connectivity index (χ3v) is 11.6. The van der Waals surface area contributed by atoms with Gasteiger partial charge in [-0.3, -0.25) is 13.9 Å². The Balaban J connectivity index is 0.000000189. The highest BCUT2D eigenvalue weighted by atomic mass is 35.5. The maximum absolute atomic E-state index is 12.5. The summed E-state index contributed by atoms with van der Waals surface area (Å²) in [5, 5.41) is 41.7. The van der Waals surface area contributed by atoms with Gasteiger partial charge < -0.3 is 31.2 Å². The van der Waals surface area contributed by atoms with Gasteiger partial charge in [0.15, 0.2) is 6.29 Å². The minimum absolute atomic E-state index is 0. The predicted octanol–water partition coefficient (Wildman–Crippen LogP) is 6.34. The van der Waals surface area contributed by atoms with Crippen molar-refractivity contribution >= 4 is 40.8 Å². The lowest BCUT2D eigenvalue weighted by Crippen LogP contribution is -2.42. The number of benzene rings is 4. The highest BCUT2D eigenvalue weighted by molar-refractivity contribution is 5.85. The summed E-state index contributed by atoms with van der Waals surface area (Å²) in [6.45, 7) is 3.80. The molecule has 2 heterocycles. The van der Waals surface area contributed by atoms with E-state index in [-0.39, 0.29) is 41.9 Å². The lowest BCUT2D eigenvalue weighted by molar-refractivity contribution is -0.123. The van der Waals surface area contributed by atoms with Gasteiger partial charge in [0, 0.05) is 30.7 Å². The fourth-order valence-corrected chi connectivity index (χ4v) is 8.11. The molecule has 2 aliphatic rings. The molecule has 2 saturated carbocycles. The van der Waals surface area contributed by atoms with Gasteiger partial charge in [-0.1, -0.05) is 60.7 Å². The van der Waals surface area contributed by atoms with Crippen LogP contribution in [0.2, 0.25) is 0 Å². The first-order valence-electron chi connectivity index (χ1n) is 20.1. The number of aliphatic hydroxyl groups is 2. The molecule has 0 aliphatic heterocycles. The maximum atomic E-state index is 12.5. The summed E-state index contributed by atoms with van der Waals surface area (Å²) >= 11 is 0. The number of nitrogens with one attached hydrogen (secondary N) is 3. The van der Waals surface area contributed by atoms with Gasteiger partial charge in [0.25, 0.3) is 0 Å². The van der Waals surface area contributed by atoms with Gasteiger partial charge in [-0.15, -0.1) is 12.4 Å². The smallest absolute Gasteiger partial charge is 0.326 e. The Kier molecular flexibility index (Phi) is 15.1. The van der Waals surface area contributed by atoms with Crippen LogP contribution in [0.5, 0.6) is 0 Å². The number of hydrogen-bond acceptors (Lipinski definition) is 9. The number of imidazole rings is 2. The number of carbonyl (C=O) groups excluding carboxylic acids is 1. The second kappa shape index (κ2) is 20.0. The Bertz CT molecular complexity index is 2550. The number of nitrogens with zero attached hydrogens (tertiary/aromatic N) is 4. The number of H-pyrrole nitrogens is 2. The van der Waals surface area contributed by atoms with Gasteiger partial charge >= 0.3 is 11.4 Å². The number of rotatable bonds is 8. The number of nitrogens with two attached hydrogens (primary N) is 1. The number of aromatic amines is 2. The van der Waals surface area contributed by atoms with E-state index in [1.165, 1.54) is 6.92 Å².